The number of hydrogen-bond acceptors (Lipinski definition) is 3. The smallest absolute Gasteiger partial charge is 0.128 e. The number of anilines is 1. The third-order valence-electron chi connectivity index (χ3n) is 3.23. The summed E-state index contributed by atoms with van der Waals surface area (Å²) in [4.78, 5) is 6.62. The van der Waals surface area contributed by atoms with Crippen LogP contribution >= 0.6 is 0 Å². The number of pyridine rings is 1. The van der Waals surface area contributed by atoms with Crippen molar-refractivity contribution in [1.29, 1.82) is 0 Å². The van der Waals surface area contributed by atoms with Crippen LogP contribution in [0.25, 0.3) is 0 Å². The van der Waals surface area contributed by atoms with Crippen LogP contribution in [0.2, 0.25) is 0 Å². The summed E-state index contributed by atoms with van der Waals surface area (Å²) in [6, 6.07) is 4.58. The van der Waals surface area contributed by atoms with Gasteiger partial charge in [-0.2, -0.15) is 0 Å². The Hall–Kier alpha value is -1.09. The summed E-state index contributed by atoms with van der Waals surface area (Å²) in [5.74, 6) is 1.01. The van der Waals surface area contributed by atoms with Crippen molar-refractivity contribution in [3.05, 3.63) is 23.9 Å². The minimum absolute atomic E-state index is 0.0699. The first kappa shape index (κ1) is 10.4. The first-order valence-electron chi connectivity index (χ1n) is 5.60. The summed E-state index contributed by atoms with van der Waals surface area (Å²) in [5.41, 5.74) is 0.874. The van der Waals surface area contributed by atoms with Gasteiger partial charge in [-0.3, -0.25) is 0 Å². The van der Waals surface area contributed by atoms with Gasteiger partial charge in [0.25, 0.3) is 0 Å². The average molecular weight is 206 g/mol. The van der Waals surface area contributed by atoms with Gasteiger partial charge >= 0.3 is 0 Å². The van der Waals surface area contributed by atoms with Crippen molar-refractivity contribution in [3.63, 3.8) is 0 Å². The monoisotopic (exact) mass is 206 g/mol. The highest BCUT2D eigenvalue weighted by atomic mass is 16.3. The number of hydrogen-bond donors (Lipinski definition) is 1. The lowest BCUT2D eigenvalue weighted by Crippen LogP contribution is -2.29. The maximum absolute atomic E-state index is 8.93. The summed E-state index contributed by atoms with van der Waals surface area (Å²) in [6.45, 7) is 0.0699. The maximum Gasteiger partial charge on any atom is 0.128 e. The van der Waals surface area contributed by atoms with Crippen molar-refractivity contribution >= 4 is 5.82 Å². The van der Waals surface area contributed by atoms with Gasteiger partial charge in [-0.05, 0) is 24.5 Å². The molecule has 15 heavy (non-hydrogen) atoms. The van der Waals surface area contributed by atoms with E-state index in [0.29, 0.717) is 6.04 Å². The van der Waals surface area contributed by atoms with E-state index in [9.17, 15) is 0 Å². The van der Waals surface area contributed by atoms with E-state index in [1.807, 2.05) is 12.1 Å². The topological polar surface area (TPSA) is 36.4 Å². The fourth-order valence-electron chi connectivity index (χ4n) is 2.20. The minimum atomic E-state index is 0.0699. The molecule has 1 aliphatic rings. The van der Waals surface area contributed by atoms with Gasteiger partial charge in [-0.15, -0.1) is 0 Å². The highest BCUT2D eigenvalue weighted by Gasteiger charge is 2.20. The van der Waals surface area contributed by atoms with Gasteiger partial charge in [0.2, 0.25) is 0 Å². The lowest BCUT2D eigenvalue weighted by molar-refractivity contribution is 0.281. The largest absolute Gasteiger partial charge is 0.392 e. The zero-order chi connectivity index (χ0) is 10.7. The second-order valence-electron chi connectivity index (χ2n) is 4.23. The molecule has 1 fully saturated rings. The molecule has 3 nitrogen and oxygen atoms in total. The fraction of sp³-hybridized carbons (Fsp3) is 0.583. The Kier molecular flexibility index (Phi) is 3.21. The second kappa shape index (κ2) is 4.62. The quantitative estimate of drug-likeness (QED) is 0.821. The molecule has 0 spiro atoms. The van der Waals surface area contributed by atoms with Gasteiger partial charge in [0.05, 0.1) is 6.61 Å². The lowest BCUT2D eigenvalue weighted by atomic mass is 10.2. The van der Waals surface area contributed by atoms with Crippen molar-refractivity contribution in [1.82, 2.24) is 4.98 Å². The third-order valence-corrected chi connectivity index (χ3v) is 3.23. The summed E-state index contributed by atoms with van der Waals surface area (Å²) in [5, 5.41) is 8.93. The van der Waals surface area contributed by atoms with Crippen LogP contribution in [0.3, 0.4) is 0 Å². The van der Waals surface area contributed by atoms with E-state index >= 15 is 0 Å². The van der Waals surface area contributed by atoms with Crippen LogP contribution in [0.15, 0.2) is 18.3 Å². The molecule has 1 aromatic heterocycles. The van der Waals surface area contributed by atoms with E-state index in [1.54, 1.807) is 6.20 Å². The van der Waals surface area contributed by atoms with Gasteiger partial charge < -0.3 is 10.0 Å². The lowest BCUT2D eigenvalue weighted by Gasteiger charge is -2.25. The number of aliphatic hydroxyl groups is 1. The van der Waals surface area contributed by atoms with E-state index in [-0.39, 0.29) is 6.61 Å². The van der Waals surface area contributed by atoms with Crippen LogP contribution in [0.1, 0.15) is 31.2 Å². The van der Waals surface area contributed by atoms with Crippen molar-refractivity contribution in [3.8, 4) is 0 Å². The standard InChI is InChI=1S/C12H18N2O/c1-14(11-4-2-3-5-11)12-7-6-10(9-15)8-13-12/h6-8,11,15H,2-5,9H2,1H3. The molecule has 1 heterocycles. The van der Waals surface area contributed by atoms with Crippen molar-refractivity contribution in [2.24, 2.45) is 0 Å². The van der Waals surface area contributed by atoms with E-state index in [4.69, 9.17) is 5.11 Å². The van der Waals surface area contributed by atoms with Crippen molar-refractivity contribution in [2.45, 2.75) is 38.3 Å². The molecular weight excluding hydrogens is 188 g/mol. The normalized spacial score (nSPS) is 16.9. The first-order valence-corrected chi connectivity index (χ1v) is 5.60. The van der Waals surface area contributed by atoms with Crippen LogP contribution in [-0.4, -0.2) is 23.2 Å². The summed E-state index contributed by atoms with van der Waals surface area (Å²) in [7, 11) is 2.11. The molecule has 2 rings (SSSR count). The van der Waals surface area contributed by atoms with Crippen molar-refractivity contribution in [2.75, 3.05) is 11.9 Å². The van der Waals surface area contributed by atoms with E-state index < -0.39 is 0 Å². The van der Waals surface area contributed by atoms with Crippen LogP contribution < -0.4 is 4.90 Å². The van der Waals surface area contributed by atoms with E-state index in [1.165, 1.54) is 25.7 Å². The average Bonchev–Trinajstić information content (AvgIpc) is 2.82. The zero-order valence-electron chi connectivity index (χ0n) is 9.19. The van der Waals surface area contributed by atoms with Gasteiger partial charge in [0, 0.05) is 19.3 Å². The van der Waals surface area contributed by atoms with Crippen LogP contribution in [0.5, 0.6) is 0 Å². The Balaban J connectivity index is 2.07. The van der Waals surface area contributed by atoms with Crippen LogP contribution in [-0.2, 0) is 6.61 Å². The Morgan fingerprint density at radius 2 is 2.13 bits per heavy atom. The minimum Gasteiger partial charge on any atom is -0.392 e. The molecule has 1 aliphatic carbocycles. The third kappa shape index (κ3) is 2.29. The predicted octanol–water partition coefficient (Wildman–Crippen LogP) is 1.95. The molecule has 0 unspecified atom stereocenters. The van der Waals surface area contributed by atoms with Gasteiger partial charge in [-0.25, -0.2) is 4.98 Å². The highest BCUT2D eigenvalue weighted by molar-refractivity contribution is 5.39. The molecule has 0 saturated heterocycles. The molecule has 0 radical (unpaired) electrons. The molecule has 1 aromatic rings. The Labute approximate surface area is 90.8 Å². The zero-order valence-corrected chi connectivity index (χ0v) is 9.19. The molecule has 0 amide bonds. The molecule has 1 N–H and O–H groups in total. The summed E-state index contributed by atoms with van der Waals surface area (Å²) in [6.07, 6.45) is 6.98. The van der Waals surface area contributed by atoms with Gasteiger partial charge in [0.1, 0.15) is 5.82 Å². The molecule has 3 heteroatoms. The highest BCUT2D eigenvalue weighted by Crippen LogP contribution is 2.25. The molecule has 1 saturated carbocycles. The van der Waals surface area contributed by atoms with Gasteiger partial charge in [0.15, 0.2) is 0 Å². The van der Waals surface area contributed by atoms with E-state index in [0.717, 1.165) is 11.4 Å². The molecule has 0 aliphatic heterocycles. The van der Waals surface area contributed by atoms with Gasteiger partial charge in [-0.1, -0.05) is 18.9 Å². The van der Waals surface area contributed by atoms with Crippen LogP contribution in [0.4, 0.5) is 5.82 Å². The number of aliphatic hydroxyl groups excluding tert-OH is 1. The number of aromatic nitrogens is 1. The second-order valence-corrected chi connectivity index (χ2v) is 4.23. The van der Waals surface area contributed by atoms with Crippen LogP contribution in [0, 0.1) is 0 Å². The number of rotatable bonds is 3. The molecular formula is C12H18N2O. The molecule has 0 aromatic carbocycles. The Morgan fingerprint density at radius 1 is 1.40 bits per heavy atom. The molecule has 0 bridgehead atoms. The summed E-state index contributed by atoms with van der Waals surface area (Å²) < 4.78 is 0. The number of nitrogens with zero attached hydrogens (tertiary/aromatic N) is 2. The van der Waals surface area contributed by atoms with E-state index in [2.05, 4.69) is 16.9 Å². The fourth-order valence-corrected chi connectivity index (χ4v) is 2.20. The Morgan fingerprint density at radius 3 is 2.67 bits per heavy atom. The summed E-state index contributed by atoms with van der Waals surface area (Å²) >= 11 is 0. The Bertz CT molecular complexity index is 304. The molecule has 0 atom stereocenters. The molecule has 82 valence electrons. The maximum atomic E-state index is 8.93. The predicted molar refractivity (Wildman–Crippen MR) is 60.8 cm³/mol. The first-order chi connectivity index (χ1) is 7.31. The van der Waals surface area contributed by atoms with Crippen molar-refractivity contribution < 1.29 is 5.11 Å². The SMILES string of the molecule is CN(c1ccc(CO)cn1)C1CCCC1.